The zero-order valence-electron chi connectivity index (χ0n) is 9.10. The molecule has 0 saturated heterocycles. The molecule has 6 nitrogen and oxygen atoms in total. The van der Waals surface area contributed by atoms with Gasteiger partial charge in [0.05, 0.1) is 0 Å². The average molecular weight is 206 g/mol. The Morgan fingerprint density at radius 1 is 1.33 bits per heavy atom. The van der Waals surface area contributed by atoms with E-state index in [2.05, 4.69) is 15.2 Å². The fourth-order valence-corrected chi connectivity index (χ4v) is 1.52. The predicted octanol–water partition coefficient (Wildman–Crippen LogP) is 0.259. The molecule has 0 unspecified atom stereocenters. The van der Waals surface area contributed by atoms with Crippen LogP contribution in [0.25, 0.3) is 0 Å². The van der Waals surface area contributed by atoms with Crippen molar-refractivity contribution >= 4 is 5.82 Å². The Bertz CT molecular complexity index is 437. The second kappa shape index (κ2) is 3.38. The van der Waals surface area contributed by atoms with Crippen molar-refractivity contribution in [1.82, 2.24) is 24.5 Å². The lowest BCUT2D eigenvalue weighted by Crippen LogP contribution is -2.09. The molecule has 0 fully saturated rings. The van der Waals surface area contributed by atoms with Gasteiger partial charge in [-0.1, -0.05) is 0 Å². The van der Waals surface area contributed by atoms with Crippen LogP contribution in [0.1, 0.15) is 17.3 Å². The van der Waals surface area contributed by atoms with Gasteiger partial charge in [0.15, 0.2) is 0 Å². The minimum Gasteiger partial charge on any atom is -0.382 e. The van der Waals surface area contributed by atoms with Gasteiger partial charge < -0.3 is 5.73 Å². The fourth-order valence-electron chi connectivity index (χ4n) is 1.52. The van der Waals surface area contributed by atoms with E-state index in [1.807, 2.05) is 31.6 Å². The first kappa shape index (κ1) is 9.70. The Kier molecular flexibility index (Phi) is 2.18. The summed E-state index contributed by atoms with van der Waals surface area (Å²) >= 11 is 0. The number of nitrogens with zero attached hydrogens (tertiary/aromatic N) is 5. The summed E-state index contributed by atoms with van der Waals surface area (Å²) in [6, 6.07) is 1.84. The highest BCUT2D eigenvalue weighted by Crippen LogP contribution is 2.06. The molecular weight excluding hydrogens is 192 g/mol. The van der Waals surface area contributed by atoms with Crippen LogP contribution in [0.5, 0.6) is 0 Å². The molecule has 0 atom stereocenters. The maximum Gasteiger partial charge on any atom is 0.148 e. The zero-order chi connectivity index (χ0) is 11.0. The highest BCUT2D eigenvalue weighted by Gasteiger charge is 2.07. The van der Waals surface area contributed by atoms with Gasteiger partial charge in [-0.2, -0.15) is 10.2 Å². The van der Waals surface area contributed by atoms with E-state index < -0.39 is 0 Å². The Balaban J connectivity index is 2.29. The number of aromatic nitrogens is 5. The molecule has 2 N–H and O–H groups in total. The van der Waals surface area contributed by atoms with E-state index in [0.717, 1.165) is 17.3 Å². The van der Waals surface area contributed by atoms with E-state index in [1.165, 1.54) is 0 Å². The zero-order valence-corrected chi connectivity index (χ0v) is 9.10. The van der Waals surface area contributed by atoms with Crippen LogP contribution in [0.4, 0.5) is 5.82 Å². The molecule has 0 aliphatic rings. The lowest BCUT2D eigenvalue weighted by molar-refractivity contribution is 0.597. The molecule has 2 aromatic heterocycles. The van der Waals surface area contributed by atoms with Crippen molar-refractivity contribution < 1.29 is 0 Å². The molecule has 80 valence electrons. The molecule has 6 heteroatoms. The number of hydrogen-bond acceptors (Lipinski definition) is 4. The van der Waals surface area contributed by atoms with E-state index in [-0.39, 0.29) is 0 Å². The minimum atomic E-state index is 0.534. The maximum atomic E-state index is 5.60. The van der Waals surface area contributed by atoms with Gasteiger partial charge in [0.25, 0.3) is 0 Å². The summed E-state index contributed by atoms with van der Waals surface area (Å²) in [6.45, 7) is 4.43. The minimum absolute atomic E-state index is 0.534. The summed E-state index contributed by atoms with van der Waals surface area (Å²) < 4.78 is 3.57. The van der Waals surface area contributed by atoms with E-state index in [0.29, 0.717) is 12.4 Å². The molecule has 2 heterocycles. The van der Waals surface area contributed by atoms with Crippen LogP contribution in [0.3, 0.4) is 0 Å². The Hall–Kier alpha value is -1.85. The largest absolute Gasteiger partial charge is 0.382 e. The van der Waals surface area contributed by atoms with Crippen molar-refractivity contribution in [2.24, 2.45) is 7.05 Å². The lowest BCUT2D eigenvalue weighted by Gasteiger charge is -2.02. The highest BCUT2D eigenvalue weighted by molar-refractivity contribution is 5.28. The maximum absolute atomic E-state index is 5.60. The van der Waals surface area contributed by atoms with Crippen molar-refractivity contribution in [3.05, 3.63) is 23.4 Å². The van der Waals surface area contributed by atoms with Gasteiger partial charge in [0.2, 0.25) is 0 Å². The monoisotopic (exact) mass is 206 g/mol. The molecule has 2 rings (SSSR count). The molecule has 0 amide bonds. The van der Waals surface area contributed by atoms with Crippen LogP contribution in [-0.2, 0) is 13.6 Å². The van der Waals surface area contributed by atoms with Crippen LogP contribution in [0.2, 0.25) is 0 Å². The molecule has 0 radical (unpaired) electrons. The van der Waals surface area contributed by atoms with E-state index in [9.17, 15) is 0 Å². The van der Waals surface area contributed by atoms with Gasteiger partial charge in [-0.05, 0) is 13.8 Å². The normalized spacial score (nSPS) is 10.9. The third-order valence-electron chi connectivity index (χ3n) is 2.25. The average Bonchev–Trinajstić information content (AvgIpc) is 2.58. The van der Waals surface area contributed by atoms with Gasteiger partial charge >= 0.3 is 0 Å². The van der Waals surface area contributed by atoms with Crippen LogP contribution >= 0.6 is 0 Å². The van der Waals surface area contributed by atoms with E-state index >= 15 is 0 Å². The number of hydrogen-bond donors (Lipinski definition) is 1. The second-order valence-electron chi connectivity index (χ2n) is 3.57. The smallest absolute Gasteiger partial charge is 0.148 e. The van der Waals surface area contributed by atoms with Crippen molar-refractivity contribution in [2.45, 2.75) is 20.4 Å². The number of nitrogen functional groups attached to an aromatic ring is 1. The molecule has 0 aromatic carbocycles. The number of nitrogens with two attached hydrogens (primary N) is 1. The van der Waals surface area contributed by atoms with Crippen molar-refractivity contribution in [2.75, 3.05) is 5.73 Å². The summed E-state index contributed by atoms with van der Waals surface area (Å²) in [6.07, 6.45) is 0. The first-order valence-corrected chi connectivity index (χ1v) is 4.72. The summed E-state index contributed by atoms with van der Waals surface area (Å²) in [5.41, 5.74) is 6.62. The van der Waals surface area contributed by atoms with Crippen molar-refractivity contribution in [1.29, 1.82) is 0 Å². The van der Waals surface area contributed by atoms with E-state index in [4.69, 9.17) is 5.73 Å². The van der Waals surface area contributed by atoms with Gasteiger partial charge in [-0.3, -0.25) is 9.36 Å². The Morgan fingerprint density at radius 3 is 2.53 bits per heavy atom. The van der Waals surface area contributed by atoms with E-state index in [1.54, 1.807) is 4.68 Å². The molecule has 0 aliphatic carbocycles. The van der Waals surface area contributed by atoms with Gasteiger partial charge in [0, 0.05) is 18.8 Å². The number of aryl methyl sites for hydroxylation is 3. The molecule has 15 heavy (non-hydrogen) atoms. The van der Waals surface area contributed by atoms with Crippen LogP contribution in [0, 0.1) is 13.8 Å². The molecule has 2 aromatic rings. The topological polar surface area (TPSA) is 74.6 Å². The van der Waals surface area contributed by atoms with Gasteiger partial charge in [0.1, 0.15) is 24.0 Å². The second-order valence-corrected chi connectivity index (χ2v) is 3.57. The summed E-state index contributed by atoms with van der Waals surface area (Å²) in [5, 5.41) is 8.35. The van der Waals surface area contributed by atoms with Gasteiger partial charge in [-0.25, -0.2) is 4.98 Å². The first-order chi connectivity index (χ1) is 7.06. The van der Waals surface area contributed by atoms with Crippen molar-refractivity contribution in [3.8, 4) is 0 Å². The van der Waals surface area contributed by atoms with Crippen LogP contribution in [-0.4, -0.2) is 24.5 Å². The van der Waals surface area contributed by atoms with Crippen molar-refractivity contribution in [3.63, 3.8) is 0 Å². The first-order valence-electron chi connectivity index (χ1n) is 4.72. The molecule has 0 saturated carbocycles. The molecule has 0 aliphatic heterocycles. The fraction of sp³-hybridized carbons (Fsp3) is 0.444. The standard InChI is InChI=1S/C9H14N6/c1-6-4-8(10)13-15(6)5-9-11-7(2)12-14(9)3/h4H,5H2,1-3H3,(H2,10,13). The SMILES string of the molecule is Cc1nc(Cn2nc(N)cc2C)n(C)n1. The van der Waals surface area contributed by atoms with Crippen LogP contribution < -0.4 is 5.73 Å². The lowest BCUT2D eigenvalue weighted by atomic mass is 10.4. The summed E-state index contributed by atoms with van der Waals surface area (Å²) in [5.74, 6) is 2.18. The molecule has 0 bridgehead atoms. The third kappa shape index (κ3) is 1.83. The Labute approximate surface area is 87.7 Å². The number of rotatable bonds is 2. The number of anilines is 1. The molecular formula is C9H14N6. The summed E-state index contributed by atoms with van der Waals surface area (Å²) in [4.78, 5) is 4.31. The van der Waals surface area contributed by atoms with Gasteiger partial charge in [-0.15, -0.1) is 0 Å². The third-order valence-corrected chi connectivity index (χ3v) is 2.25. The highest BCUT2D eigenvalue weighted by atomic mass is 15.4. The summed E-state index contributed by atoms with van der Waals surface area (Å²) in [7, 11) is 1.87. The predicted molar refractivity (Wildman–Crippen MR) is 56.2 cm³/mol. The molecule has 0 spiro atoms. The Morgan fingerprint density at radius 2 is 2.07 bits per heavy atom. The van der Waals surface area contributed by atoms with Crippen LogP contribution in [0.15, 0.2) is 6.07 Å². The quantitative estimate of drug-likeness (QED) is 0.764.